The zero-order chi connectivity index (χ0) is 12.3. The summed E-state index contributed by atoms with van der Waals surface area (Å²) in [6.07, 6.45) is 1.07. The second-order valence-electron chi connectivity index (χ2n) is 4.63. The van der Waals surface area contributed by atoms with Crippen LogP contribution in [0, 0.1) is 5.92 Å². The first-order chi connectivity index (χ1) is 8.19. The number of rotatable bonds is 4. The largest absolute Gasteiger partial charge is 0.396 e. The second kappa shape index (κ2) is 5.29. The van der Waals surface area contributed by atoms with Crippen LogP contribution in [0.4, 0.5) is 0 Å². The summed E-state index contributed by atoms with van der Waals surface area (Å²) in [5.41, 5.74) is 6.91. The topological polar surface area (TPSA) is 66.6 Å². The lowest BCUT2D eigenvalue weighted by Crippen LogP contribution is -2.21. The molecule has 1 atom stereocenters. The number of nitrogens with two attached hydrogens (primary N) is 1. The molecule has 92 valence electrons. The van der Waals surface area contributed by atoms with E-state index in [-0.39, 0.29) is 6.61 Å². The quantitative estimate of drug-likeness (QED) is 0.801. The van der Waals surface area contributed by atoms with E-state index in [4.69, 9.17) is 10.8 Å². The van der Waals surface area contributed by atoms with Gasteiger partial charge in [-0.1, -0.05) is 12.1 Å². The Labute approximate surface area is 101 Å². The summed E-state index contributed by atoms with van der Waals surface area (Å²) in [6.45, 7) is 3.13. The van der Waals surface area contributed by atoms with E-state index in [1.807, 2.05) is 12.1 Å². The monoisotopic (exact) mass is 234 g/mol. The first-order valence-corrected chi connectivity index (χ1v) is 5.91. The van der Waals surface area contributed by atoms with Crippen LogP contribution in [0.15, 0.2) is 24.3 Å². The number of aliphatic hydroxyl groups is 1. The molecule has 1 aliphatic heterocycles. The molecule has 3 N–H and O–H groups in total. The SMILES string of the molecule is NC(=O)c1ccc(CN2CCC(CO)C2)cc1. The molecule has 1 fully saturated rings. The van der Waals surface area contributed by atoms with Gasteiger partial charge in [-0.15, -0.1) is 0 Å². The summed E-state index contributed by atoms with van der Waals surface area (Å²) < 4.78 is 0. The molecule has 0 aliphatic carbocycles. The van der Waals surface area contributed by atoms with Gasteiger partial charge in [-0.2, -0.15) is 0 Å². The van der Waals surface area contributed by atoms with Crippen molar-refractivity contribution in [2.75, 3.05) is 19.7 Å². The third kappa shape index (κ3) is 3.05. The molecule has 2 rings (SSSR count). The van der Waals surface area contributed by atoms with Gasteiger partial charge in [0.1, 0.15) is 0 Å². The van der Waals surface area contributed by atoms with Crippen molar-refractivity contribution in [3.63, 3.8) is 0 Å². The van der Waals surface area contributed by atoms with Gasteiger partial charge in [0.15, 0.2) is 0 Å². The minimum Gasteiger partial charge on any atom is -0.396 e. The third-order valence-corrected chi connectivity index (χ3v) is 3.27. The van der Waals surface area contributed by atoms with Crippen LogP contribution in [0.5, 0.6) is 0 Å². The van der Waals surface area contributed by atoms with Crippen LogP contribution in [0.3, 0.4) is 0 Å². The molecule has 1 aromatic carbocycles. The number of benzene rings is 1. The summed E-state index contributed by atoms with van der Waals surface area (Å²) in [4.78, 5) is 13.2. The number of primary amides is 1. The Hall–Kier alpha value is -1.39. The number of hydrogen-bond acceptors (Lipinski definition) is 3. The number of amides is 1. The molecular weight excluding hydrogens is 216 g/mol. The highest BCUT2D eigenvalue weighted by Crippen LogP contribution is 2.18. The first-order valence-electron chi connectivity index (χ1n) is 5.91. The van der Waals surface area contributed by atoms with Crippen molar-refractivity contribution in [2.45, 2.75) is 13.0 Å². The first kappa shape index (κ1) is 12.1. The van der Waals surface area contributed by atoms with E-state index < -0.39 is 5.91 Å². The van der Waals surface area contributed by atoms with Crippen LogP contribution in [0.2, 0.25) is 0 Å². The van der Waals surface area contributed by atoms with Crippen molar-refractivity contribution in [1.29, 1.82) is 0 Å². The van der Waals surface area contributed by atoms with Gasteiger partial charge in [-0.05, 0) is 36.6 Å². The molecule has 1 aliphatic rings. The third-order valence-electron chi connectivity index (χ3n) is 3.27. The Morgan fingerprint density at radius 2 is 2.12 bits per heavy atom. The number of aliphatic hydroxyl groups excluding tert-OH is 1. The molecular formula is C13H18N2O2. The predicted octanol–water partition coefficient (Wildman–Crippen LogP) is 0.600. The van der Waals surface area contributed by atoms with Crippen LogP contribution in [0.1, 0.15) is 22.3 Å². The van der Waals surface area contributed by atoms with Gasteiger partial charge in [0, 0.05) is 25.3 Å². The average Bonchev–Trinajstić information content (AvgIpc) is 2.77. The lowest BCUT2D eigenvalue weighted by atomic mass is 10.1. The van der Waals surface area contributed by atoms with Crippen LogP contribution >= 0.6 is 0 Å². The number of nitrogens with zero attached hydrogens (tertiary/aromatic N) is 1. The van der Waals surface area contributed by atoms with Crippen LogP contribution in [0.25, 0.3) is 0 Å². The van der Waals surface area contributed by atoms with Crippen LogP contribution in [-0.2, 0) is 6.54 Å². The molecule has 0 saturated carbocycles. The van der Waals surface area contributed by atoms with E-state index in [2.05, 4.69) is 4.90 Å². The molecule has 1 heterocycles. The number of carbonyl (C=O) groups is 1. The maximum Gasteiger partial charge on any atom is 0.248 e. The minimum absolute atomic E-state index is 0.275. The van der Waals surface area contributed by atoms with E-state index >= 15 is 0 Å². The maximum atomic E-state index is 10.9. The van der Waals surface area contributed by atoms with E-state index in [9.17, 15) is 4.79 Å². The molecule has 1 amide bonds. The van der Waals surface area contributed by atoms with Crippen molar-refractivity contribution < 1.29 is 9.90 Å². The fourth-order valence-corrected chi connectivity index (χ4v) is 2.24. The fourth-order valence-electron chi connectivity index (χ4n) is 2.24. The van der Waals surface area contributed by atoms with Gasteiger partial charge in [-0.3, -0.25) is 9.69 Å². The summed E-state index contributed by atoms with van der Waals surface area (Å²) in [7, 11) is 0. The lowest BCUT2D eigenvalue weighted by molar-refractivity contribution is 0.100. The van der Waals surface area contributed by atoms with E-state index in [0.29, 0.717) is 11.5 Å². The van der Waals surface area contributed by atoms with Crippen molar-refractivity contribution in [3.8, 4) is 0 Å². The Balaban J connectivity index is 1.93. The Morgan fingerprint density at radius 3 is 2.65 bits per heavy atom. The zero-order valence-electron chi connectivity index (χ0n) is 9.80. The second-order valence-corrected chi connectivity index (χ2v) is 4.63. The van der Waals surface area contributed by atoms with Gasteiger partial charge in [0.05, 0.1) is 0 Å². The van der Waals surface area contributed by atoms with E-state index in [0.717, 1.165) is 26.1 Å². The summed E-state index contributed by atoms with van der Waals surface area (Å²) in [5, 5.41) is 9.07. The summed E-state index contributed by atoms with van der Waals surface area (Å²) in [6, 6.07) is 7.40. The number of hydrogen-bond donors (Lipinski definition) is 2. The zero-order valence-corrected chi connectivity index (χ0v) is 9.80. The number of carbonyl (C=O) groups excluding carboxylic acids is 1. The molecule has 1 aromatic rings. The molecule has 0 bridgehead atoms. The summed E-state index contributed by atoms with van der Waals surface area (Å²) in [5.74, 6) is 0.0259. The Morgan fingerprint density at radius 1 is 1.41 bits per heavy atom. The van der Waals surface area contributed by atoms with Crippen molar-refractivity contribution in [1.82, 2.24) is 4.90 Å². The molecule has 17 heavy (non-hydrogen) atoms. The van der Waals surface area contributed by atoms with Crippen molar-refractivity contribution >= 4 is 5.91 Å². The van der Waals surface area contributed by atoms with Gasteiger partial charge in [0.25, 0.3) is 0 Å². The molecule has 4 nitrogen and oxygen atoms in total. The molecule has 1 unspecified atom stereocenters. The van der Waals surface area contributed by atoms with Crippen LogP contribution < -0.4 is 5.73 Å². The van der Waals surface area contributed by atoms with E-state index in [1.165, 1.54) is 5.56 Å². The highest BCUT2D eigenvalue weighted by Gasteiger charge is 2.21. The molecule has 0 aromatic heterocycles. The van der Waals surface area contributed by atoms with Gasteiger partial charge >= 0.3 is 0 Å². The summed E-state index contributed by atoms with van der Waals surface area (Å²) >= 11 is 0. The fraction of sp³-hybridized carbons (Fsp3) is 0.462. The minimum atomic E-state index is -0.391. The normalized spacial score (nSPS) is 20.6. The smallest absolute Gasteiger partial charge is 0.248 e. The Kier molecular flexibility index (Phi) is 3.76. The number of likely N-dealkylation sites (tertiary alicyclic amines) is 1. The lowest BCUT2D eigenvalue weighted by Gasteiger charge is -2.15. The molecule has 1 saturated heterocycles. The maximum absolute atomic E-state index is 10.9. The predicted molar refractivity (Wildman–Crippen MR) is 65.4 cm³/mol. The van der Waals surface area contributed by atoms with Crippen molar-refractivity contribution in [2.24, 2.45) is 11.7 Å². The van der Waals surface area contributed by atoms with Crippen molar-refractivity contribution in [3.05, 3.63) is 35.4 Å². The van der Waals surface area contributed by atoms with Gasteiger partial charge < -0.3 is 10.8 Å². The van der Waals surface area contributed by atoms with Gasteiger partial charge in [0.2, 0.25) is 5.91 Å². The molecule has 4 heteroatoms. The van der Waals surface area contributed by atoms with E-state index in [1.54, 1.807) is 12.1 Å². The van der Waals surface area contributed by atoms with Crippen LogP contribution in [-0.4, -0.2) is 35.6 Å². The van der Waals surface area contributed by atoms with Gasteiger partial charge in [-0.25, -0.2) is 0 Å². The molecule has 0 radical (unpaired) electrons. The standard InChI is InChI=1S/C13H18N2O2/c14-13(17)12-3-1-10(2-4-12)7-15-6-5-11(8-15)9-16/h1-4,11,16H,5-9H2,(H2,14,17). The highest BCUT2D eigenvalue weighted by molar-refractivity contribution is 5.92. The highest BCUT2D eigenvalue weighted by atomic mass is 16.3. The molecule has 0 spiro atoms. The Bertz CT molecular complexity index is 389. The average molecular weight is 234 g/mol.